The molecule has 0 atom stereocenters. The molecule has 0 aliphatic carbocycles. The van der Waals surface area contributed by atoms with Crippen LogP contribution in [0.2, 0.25) is 0 Å². The Morgan fingerprint density at radius 1 is 0.895 bits per heavy atom. The monoisotopic (exact) mass is 264 g/mol. The van der Waals surface area contributed by atoms with Crippen LogP contribution >= 0.6 is 0 Å². The molecule has 102 valence electrons. The number of phenolic OH excluding ortho intramolecular Hbond substituents is 2. The topological polar surface area (TPSA) is 94.8 Å². The number of hydrogen-bond donors (Lipinski definition) is 3. The van der Waals surface area contributed by atoms with E-state index < -0.39 is 17.5 Å². The van der Waals surface area contributed by atoms with Crippen molar-refractivity contribution in [1.82, 2.24) is 0 Å². The van der Waals surface area contributed by atoms with E-state index in [-0.39, 0.29) is 26.7 Å². The zero-order valence-electron chi connectivity index (χ0n) is 9.70. The number of rotatable bonds is 3. The van der Waals surface area contributed by atoms with Gasteiger partial charge in [0.15, 0.2) is 5.78 Å². The van der Waals surface area contributed by atoms with Gasteiger partial charge in [0.05, 0.1) is 11.1 Å². The molecule has 0 unspecified atom stereocenters. The fourth-order valence-corrected chi connectivity index (χ4v) is 1.72. The van der Waals surface area contributed by atoms with Gasteiger partial charge in [0, 0.05) is 15.9 Å². The first-order valence-electron chi connectivity index (χ1n) is 5.39. The van der Waals surface area contributed by atoms with Crippen molar-refractivity contribution in [3.05, 3.63) is 59.2 Å². The maximum absolute atomic E-state index is 12.2. The van der Waals surface area contributed by atoms with Gasteiger partial charge in [0.1, 0.15) is 11.5 Å². The number of benzene rings is 2. The minimum atomic E-state index is -1.22. The molecule has 0 saturated heterocycles. The standard InChI is InChI=1S/C14H10O5.3H2/c15-8-5-6-11(12(16)7-8)13(17)9-3-1-2-4-10(9)14(18)19;;;/h1-7,15-16H,(H,18,19);3*1H. The molecule has 2 aromatic rings. The van der Waals surface area contributed by atoms with Gasteiger partial charge in [-0.3, -0.25) is 4.79 Å². The first-order chi connectivity index (χ1) is 9.00. The van der Waals surface area contributed by atoms with E-state index in [4.69, 9.17) is 10.2 Å². The van der Waals surface area contributed by atoms with Crippen molar-refractivity contribution >= 4 is 11.8 Å². The number of phenols is 2. The SMILES string of the molecule is O=C(O)c1ccccc1C(=O)c1ccc(O)cc1O.[HH].[HH].[HH]. The van der Waals surface area contributed by atoms with Gasteiger partial charge in [0.25, 0.3) is 0 Å². The lowest BCUT2D eigenvalue weighted by atomic mass is 9.98. The molecule has 19 heavy (non-hydrogen) atoms. The maximum atomic E-state index is 12.2. The molecule has 0 aromatic heterocycles. The molecule has 2 rings (SSSR count). The van der Waals surface area contributed by atoms with Gasteiger partial charge in [-0.2, -0.15) is 0 Å². The predicted octanol–water partition coefficient (Wildman–Crippen LogP) is 2.77. The highest BCUT2D eigenvalue weighted by molar-refractivity contribution is 6.15. The van der Waals surface area contributed by atoms with E-state index >= 15 is 0 Å². The molecule has 0 radical (unpaired) electrons. The van der Waals surface area contributed by atoms with E-state index in [0.717, 1.165) is 6.07 Å². The van der Waals surface area contributed by atoms with Crippen LogP contribution in [0, 0.1) is 0 Å². The van der Waals surface area contributed by atoms with Crippen molar-refractivity contribution in [2.45, 2.75) is 0 Å². The molecule has 5 heteroatoms. The lowest BCUT2D eigenvalue weighted by molar-refractivity contribution is 0.0692. The third kappa shape index (κ3) is 2.40. The minimum Gasteiger partial charge on any atom is -0.508 e. The molecule has 0 heterocycles. The molecule has 0 aliphatic rings. The second-order valence-corrected chi connectivity index (χ2v) is 3.88. The molecule has 2 aromatic carbocycles. The van der Waals surface area contributed by atoms with Gasteiger partial charge in [-0.25, -0.2) is 4.79 Å². The quantitative estimate of drug-likeness (QED) is 0.741. The number of carboxylic acids is 1. The average Bonchev–Trinajstić information content (AvgIpc) is 2.38. The van der Waals surface area contributed by atoms with Crippen molar-refractivity contribution in [3.8, 4) is 11.5 Å². The van der Waals surface area contributed by atoms with E-state index in [1.165, 1.54) is 36.4 Å². The predicted molar refractivity (Wildman–Crippen MR) is 72.9 cm³/mol. The van der Waals surface area contributed by atoms with Crippen LogP contribution in [0.5, 0.6) is 11.5 Å². The van der Waals surface area contributed by atoms with Crippen LogP contribution < -0.4 is 0 Å². The third-order valence-corrected chi connectivity index (χ3v) is 2.63. The number of aromatic carboxylic acids is 1. The normalized spacial score (nSPS) is 10.1. The Morgan fingerprint density at radius 2 is 1.53 bits per heavy atom. The van der Waals surface area contributed by atoms with Crippen LogP contribution in [-0.4, -0.2) is 27.1 Å². The molecule has 5 nitrogen and oxygen atoms in total. The number of carboxylic acid groups (broad SMARTS) is 1. The van der Waals surface area contributed by atoms with E-state index in [1.807, 2.05) is 0 Å². The zero-order chi connectivity index (χ0) is 14.0. The van der Waals surface area contributed by atoms with Crippen molar-refractivity contribution in [2.24, 2.45) is 0 Å². The molecule has 0 spiro atoms. The van der Waals surface area contributed by atoms with Crippen molar-refractivity contribution in [3.63, 3.8) is 0 Å². The van der Waals surface area contributed by atoms with Crippen LogP contribution in [0.1, 0.15) is 30.6 Å². The highest BCUT2D eigenvalue weighted by Gasteiger charge is 2.19. The largest absolute Gasteiger partial charge is 0.508 e. The summed E-state index contributed by atoms with van der Waals surface area (Å²) in [5.41, 5.74) is -0.220. The number of carbonyl (C=O) groups is 2. The first kappa shape index (κ1) is 12.6. The lowest BCUT2D eigenvalue weighted by Crippen LogP contribution is -2.09. The van der Waals surface area contributed by atoms with Crippen LogP contribution in [0.15, 0.2) is 42.5 Å². The molecule has 0 fully saturated rings. The van der Waals surface area contributed by atoms with E-state index in [9.17, 15) is 14.7 Å². The number of ketones is 1. The second-order valence-electron chi connectivity index (χ2n) is 3.88. The van der Waals surface area contributed by atoms with Crippen molar-refractivity contribution in [2.75, 3.05) is 0 Å². The van der Waals surface area contributed by atoms with Crippen molar-refractivity contribution < 1.29 is 29.2 Å². The fraction of sp³-hybridized carbons (Fsp3) is 0. The average molecular weight is 264 g/mol. The summed E-state index contributed by atoms with van der Waals surface area (Å²) in [5.74, 6) is -2.41. The fourth-order valence-electron chi connectivity index (χ4n) is 1.72. The number of aromatic hydroxyl groups is 2. The third-order valence-electron chi connectivity index (χ3n) is 2.63. The lowest BCUT2D eigenvalue weighted by Gasteiger charge is -2.07. The summed E-state index contributed by atoms with van der Waals surface area (Å²) in [6.45, 7) is 0. The number of hydrogen-bond acceptors (Lipinski definition) is 4. The molecule has 0 aliphatic heterocycles. The van der Waals surface area contributed by atoms with Gasteiger partial charge in [-0.1, -0.05) is 18.2 Å². The summed E-state index contributed by atoms with van der Waals surface area (Å²) < 4.78 is 0. The summed E-state index contributed by atoms with van der Waals surface area (Å²) in [6.07, 6.45) is 0. The van der Waals surface area contributed by atoms with Gasteiger partial charge in [0.2, 0.25) is 0 Å². The molecule has 0 bridgehead atoms. The Kier molecular flexibility index (Phi) is 3.20. The Hall–Kier alpha value is -2.82. The summed E-state index contributed by atoms with van der Waals surface area (Å²) >= 11 is 0. The Morgan fingerprint density at radius 3 is 2.11 bits per heavy atom. The second kappa shape index (κ2) is 4.81. The van der Waals surface area contributed by atoms with E-state index in [0.29, 0.717) is 0 Å². The summed E-state index contributed by atoms with van der Waals surface area (Å²) in [6, 6.07) is 9.25. The highest BCUT2D eigenvalue weighted by atomic mass is 16.4. The molecule has 0 amide bonds. The molecule has 3 N–H and O–H groups in total. The van der Waals surface area contributed by atoms with Gasteiger partial charge >= 0.3 is 5.97 Å². The highest BCUT2D eigenvalue weighted by Crippen LogP contribution is 2.26. The Labute approximate surface area is 112 Å². The van der Waals surface area contributed by atoms with Gasteiger partial charge < -0.3 is 15.3 Å². The summed E-state index contributed by atoms with van der Waals surface area (Å²) in [5, 5.41) is 27.8. The van der Waals surface area contributed by atoms with Crippen LogP contribution in [0.4, 0.5) is 0 Å². The van der Waals surface area contributed by atoms with E-state index in [2.05, 4.69) is 0 Å². The molecular formula is C14H16O5. The minimum absolute atomic E-state index is 0. The summed E-state index contributed by atoms with van der Waals surface area (Å²) in [4.78, 5) is 23.2. The first-order valence-corrected chi connectivity index (χ1v) is 5.39. The van der Waals surface area contributed by atoms with Gasteiger partial charge in [-0.05, 0) is 18.2 Å². The zero-order valence-corrected chi connectivity index (χ0v) is 9.70. The molecular weight excluding hydrogens is 248 g/mol. The smallest absolute Gasteiger partial charge is 0.336 e. The van der Waals surface area contributed by atoms with Crippen LogP contribution in [0.3, 0.4) is 0 Å². The maximum Gasteiger partial charge on any atom is 0.336 e. The summed E-state index contributed by atoms with van der Waals surface area (Å²) in [7, 11) is 0. The van der Waals surface area contributed by atoms with Crippen molar-refractivity contribution in [1.29, 1.82) is 0 Å². The number of carbonyl (C=O) groups excluding carboxylic acids is 1. The Balaban J connectivity index is 0. The molecule has 0 saturated carbocycles. The van der Waals surface area contributed by atoms with Crippen LogP contribution in [-0.2, 0) is 0 Å². The van der Waals surface area contributed by atoms with Gasteiger partial charge in [-0.15, -0.1) is 0 Å². The van der Waals surface area contributed by atoms with E-state index in [1.54, 1.807) is 0 Å². The Bertz CT molecular complexity index is 673. The van der Waals surface area contributed by atoms with Crippen LogP contribution in [0.25, 0.3) is 0 Å².